The summed E-state index contributed by atoms with van der Waals surface area (Å²) in [7, 11) is 0. The first-order valence-electron chi connectivity index (χ1n) is 8.91. The van der Waals surface area contributed by atoms with Crippen LogP contribution in [0.3, 0.4) is 0 Å². The van der Waals surface area contributed by atoms with Crippen molar-refractivity contribution >= 4 is 5.69 Å². The Balaban J connectivity index is 1.60. The van der Waals surface area contributed by atoms with E-state index in [2.05, 4.69) is 5.10 Å². The third-order valence-corrected chi connectivity index (χ3v) is 4.90. The molecule has 3 aromatic rings. The molecule has 1 aromatic heterocycles. The average molecular weight is 365 g/mol. The maximum absolute atomic E-state index is 13.2. The van der Waals surface area contributed by atoms with Crippen molar-refractivity contribution in [2.45, 2.75) is 25.1 Å². The fourth-order valence-electron chi connectivity index (χ4n) is 3.56. The number of aliphatic hydroxyl groups excluding tert-OH is 1. The lowest BCUT2D eigenvalue weighted by Crippen LogP contribution is -2.29. The van der Waals surface area contributed by atoms with Crippen molar-refractivity contribution in [3.63, 3.8) is 0 Å². The molecule has 2 heterocycles. The average Bonchev–Trinajstić information content (AvgIpc) is 3.06. The molecule has 2 aromatic carbocycles. The Hall–Kier alpha value is -2.99. The molecule has 1 N–H and O–H groups in total. The van der Waals surface area contributed by atoms with Crippen molar-refractivity contribution in [3.05, 3.63) is 94.2 Å². The topological polar surface area (TPSA) is 58.4 Å². The highest BCUT2D eigenvalue weighted by Crippen LogP contribution is 2.35. The van der Waals surface area contributed by atoms with Gasteiger partial charge >= 0.3 is 0 Å². The largest absolute Gasteiger partial charge is 0.391 e. The first kappa shape index (κ1) is 17.4. The summed E-state index contributed by atoms with van der Waals surface area (Å²) in [6, 6.07) is 17.4. The molecule has 1 aliphatic rings. The van der Waals surface area contributed by atoms with Gasteiger partial charge in [0.1, 0.15) is 5.82 Å². The van der Waals surface area contributed by atoms with E-state index in [1.807, 2.05) is 35.2 Å². The third kappa shape index (κ3) is 3.75. The first-order valence-corrected chi connectivity index (χ1v) is 8.91. The summed E-state index contributed by atoms with van der Waals surface area (Å²) in [5, 5.41) is 14.5. The molecule has 4 rings (SSSR count). The lowest BCUT2D eigenvalue weighted by Gasteiger charge is -2.26. The second-order valence-corrected chi connectivity index (χ2v) is 6.80. The Morgan fingerprint density at radius 3 is 2.56 bits per heavy atom. The molecule has 0 aliphatic carbocycles. The molecule has 1 saturated heterocycles. The molecule has 1 fully saturated rings. The Kier molecular flexibility index (Phi) is 4.73. The Morgan fingerprint density at radius 2 is 1.85 bits per heavy atom. The summed E-state index contributed by atoms with van der Waals surface area (Å²) in [5.41, 5.74) is 2.37. The molecule has 2 unspecified atom stereocenters. The van der Waals surface area contributed by atoms with Crippen LogP contribution in [0, 0.1) is 5.82 Å². The van der Waals surface area contributed by atoms with Crippen molar-refractivity contribution in [2.75, 3.05) is 11.4 Å². The van der Waals surface area contributed by atoms with Gasteiger partial charge in [-0.1, -0.05) is 42.5 Å². The number of β-amino-alcohol motifs (C(OH)–C–C–N with tert-alkyl or cyclic N) is 1. The second kappa shape index (κ2) is 7.32. The van der Waals surface area contributed by atoms with E-state index in [0.717, 1.165) is 11.1 Å². The van der Waals surface area contributed by atoms with Crippen molar-refractivity contribution < 1.29 is 9.50 Å². The minimum absolute atomic E-state index is 0.119. The fourth-order valence-corrected chi connectivity index (χ4v) is 3.56. The highest BCUT2D eigenvalue weighted by atomic mass is 19.1. The minimum Gasteiger partial charge on any atom is -0.391 e. The molecular formula is C21H20FN3O2. The number of anilines is 1. The van der Waals surface area contributed by atoms with Gasteiger partial charge in [-0.15, -0.1) is 0 Å². The van der Waals surface area contributed by atoms with Gasteiger partial charge in [0.15, 0.2) is 0 Å². The predicted octanol–water partition coefficient (Wildman–Crippen LogP) is 2.74. The standard InChI is InChI=1S/C21H20FN3O2/c22-17-8-6-16(7-9-17)20-11-19(26)14-24(20)18-10-21(27)25(23-12-18)13-15-4-2-1-3-5-15/h1-10,12,19-20,26H,11,13-14H2. The van der Waals surface area contributed by atoms with Gasteiger partial charge in [-0.25, -0.2) is 9.07 Å². The lowest BCUT2D eigenvalue weighted by atomic mass is 10.0. The van der Waals surface area contributed by atoms with Crippen LogP contribution < -0.4 is 10.5 Å². The molecule has 0 amide bonds. The molecule has 138 valence electrons. The van der Waals surface area contributed by atoms with Gasteiger partial charge in [-0.2, -0.15) is 5.10 Å². The maximum Gasteiger partial charge on any atom is 0.269 e. The minimum atomic E-state index is -0.508. The Labute approximate surface area is 156 Å². The molecular weight excluding hydrogens is 345 g/mol. The number of aromatic nitrogens is 2. The van der Waals surface area contributed by atoms with Gasteiger partial charge in [0.05, 0.1) is 30.6 Å². The SMILES string of the molecule is O=c1cc(N2CC(O)CC2c2ccc(F)cc2)cnn1Cc1ccccc1. The number of nitrogens with zero attached hydrogens (tertiary/aromatic N) is 3. The zero-order valence-corrected chi connectivity index (χ0v) is 14.7. The van der Waals surface area contributed by atoms with Gasteiger partial charge in [0.25, 0.3) is 5.56 Å². The number of halogens is 1. The Morgan fingerprint density at radius 1 is 1.11 bits per heavy atom. The van der Waals surface area contributed by atoms with Gasteiger partial charge in [-0.3, -0.25) is 4.79 Å². The van der Waals surface area contributed by atoms with Crippen LogP contribution in [0.2, 0.25) is 0 Å². The van der Waals surface area contributed by atoms with Crippen LogP contribution in [0.1, 0.15) is 23.6 Å². The van der Waals surface area contributed by atoms with Crippen molar-refractivity contribution in [1.29, 1.82) is 0 Å². The van der Waals surface area contributed by atoms with Crippen LogP contribution in [0.15, 0.2) is 71.7 Å². The first-order chi connectivity index (χ1) is 13.1. The summed E-state index contributed by atoms with van der Waals surface area (Å²) in [4.78, 5) is 14.5. The van der Waals surface area contributed by atoms with Gasteiger partial charge in [0, 0.05) is 12.6 Å². The summed E-state index contributed by atoms with van der Waals surface area (Å²) in [6.45, 7) is 0.815. The number of hydrogen-bond acceptors (Lipinski definition) is 4. The van der Waals surface area contributed by atoms with Crippen molar-refractivity contribution in [2.24, 2.45) is 0 Å². The molecule has 5 nitrogen and oxygen atoms in total. The van der Waals surface area contributed by atoms with Crippen LogP contribution in [-0.4, -0.2) is 27.5 Å². The van der Waals surface area contributed by atoms with Gasteiger partial charge < -0.3 is 10.0 Å². The Bertz CT molecular complexity index is 973. The lowest BCUT2D eigenvalue weighted by molar-refractivity contribution is 0.194. The zero-order chi connectivity index (χ0) is 18.8. The van der Waals surface area contributed by atoms with Gasteiger partial charge in [-0.05, 0) is 29.7 Å². The smallest absolute Gasteiger partial charge is 0.269 e. The van der Waals surface area contributed by atoms with Crippen molar-refractivity contribution in [1.82, 2.24) is 9.78 Å². The quantitative estimate of drug-likeness (QED) is 0.772. The number of aliphatic hydroxyl groups is 1. The molecule has 27 heavy (non-hydrogen) atoms. The highest BCUT2D eigenvalue weighted by molar-refractivity contribution is 5.48. The molecule has 6 heteroatoms. The van der Waals surface area contributed by atoms with E-state index in [9.17, 15) is 14.3 Å². The summed E-state index contributed by atoms with van der Waals surface area (Å²) in [6.07, 6.45) is 1.67. The number of hydrogen-bond donors (Lipinski definition) is 1. The van der Waals surface area contributed by atoms with E-state index in [4.69, 9.17) is 0 Å². The van der Waals surface area contributed by atoms with Crippen LogP contribution >= 0.6 is 0 Å². The monoisotopic (exact) mass is 365 g/mol. The third-order valence-electron chi connectivity index (χ3n) is 4.90. The van der Waals surface area contributed by atoms with E-state index in [1.54, 1.807) is 24.4 Å². The fraction of sp³-hybridized carbons (Fsp3) is 0.238. The maximum atomic E-state index is 13.2. The molecule has 2 atom stereocenters. The van der Waals surface area contributed by atoms with E-state index >= 15 is 0 Å². The van der Waals surface area contributed by atoms with Crippen LogP contribution in [0.25, 0.3) is 0 Å². The molecule has 0 bridgehead atoms. The highest BCUT2D eigenvalue weighted by Gasteiger charge is 2.32. The second-order valence-electron chi connectivity index (χ2n) is 6.80. The zero-order valence-electron chi connectivity index (χ0n) is 14.7. The number of rotatable bonds is 4. The molecule has 0 radical (unpaired) electrons. The van der Waals surface area contributed by atoms with E-state index in [0.29, 0.717) is 25.2 Å². The van der Waals surface area contributed by atoms with E-state index in [-0.39, 0.29) is 17.4 Å². The summed E-state index contributed by atoms with van der Waals surface area (Å²) in [5.74, 6) is -0.297. The molecule has 0 spiro atoms. The van der Waals surface area contributed by atoms with Crippen LogP contribution in [0.5, 0.6) is 0 Å². The van der Waals surface area contributed by atoms with Crippen LogP contribution in [0.4, 0.5) is 10.1 Å². The molecule has 0 saturated carbocycles. The predicted molar refractivity (Wildman–Crippen MR) is 101 cm³/mol. The summed E-state index contributed by atoms with van der Waals surface area (Å²) < 4.78 is 14.6. The normalized spacial score (nSPS) is 19.4. The van der Waals surface area contributed by atoms with Crippen LogP contribution in [-0.2, 0) is 6.54 Å². The number of benzene rings is 2. The van der Waals surface area contributed by atoms with Crippen molar-refractivity contribution in [3.8, 4) is 0 Å². The molecule has 1 aliphatic heterocycles. The van der Waals surface area contributed by atoms with Gasteiger partial charge in [0.2, 0.25) is 0 Å². The summed E-state index contributed by atoms with van der Waals surface area (Å²) >= 11 is 0. The van der Waals surface area contributed by atoms with E-state index in [1.165, 1.54) is 16.8 Å². The van der Waals surface area contributed by atoms with E-state index < -0.39 is 6.10 Å².